The molecule has 0 aromatic heterocycles. The molecule has 3 nitrogen and oxygen atoms in total. The van der Waals surface area contributed by atoms with Crippen LogP contribution in [-0.2, 0) is 0 Å². The Balaban J connectivity index is 0. The summed E-state index contributed by atoms with van der Waals surface area (Å²) in [6.07, 6.45) is 3.70. The smallest absolute Gasteiger partial charge is 0.0428 e. The van der Waals surface area contributed by atoms with Gasteiger partial charge in [0.2, 0.25) is 0 Å². The van der Waals surface area contributed by atoms with Crippen molar-refractivity contribution < 1.29 is 10.2 Å². The molecule has 1 heterocycles. The zero-order valence-electron chi connectivity index (χ0n) is 9.29. The average molecular weight is 191 g/mol. The summed E-state index contributed by atoms with van der Waals surface area (Å²) in [6, 6.07) is 0. The van der Waals surface area contributed by atoms with Crippen molar-refractivity contribution in [2.45, 2.75) is 33.1 Å². The molecule has 13 heavy (non-hydrogen) atoms. The van der Waals surface area contributed by atoms with Crippen LogP contribution in [0.3, 0.4) is 0 Å². The summed E-state index contributed by atoms with van der Waals surface area (Å²) < 4.78 is 0. The fourth-order valence-corrected chi connectivity index (χ4v) is 0.875. The van der Waals surface area contributed by atoms with Crippen molar-refractivity contribution in [2.75, 3.05) is 33.4 Å². The highest BCUT2D eigenvalue weighted by molar-refractivity contribution is 4.59. The van der Waals surface area contributed by atoms with E-state index in [-0.39, 0.29) is 6.61 Å². The lowest BCUT2D eigenvalue weighted by molar-refractivity contribution is 0.295. The molecule has 0 unspecified atom stereocenters. The van der Waals surface area contributed by atoms with Crippen molar-refractivity contribution in [1.29, 1.82) is 0 Å². The average Bonchev–Trinajstić information content (AvgIpc) is 2.58. The monoisotopic (exact) mass is 191 g/mol. The van der Waals surface area contributed by atoms with Crippen LogP contribution in [-0.4, -0.2) is 48.5 Å². The Bertz CT molecular complexity index is 71.3. The number of aliphatic hydroxyl groups excluding tert-OH is 2. The minimum atomic E-state index is 0.250. The van der Waals surface area contributed by atoms with Crippen molar-refractivity contribution in [1.82, 2.24) is 4.90 Å². The van der Waals surface area contributed by atoms with Gasteiger partial charge in [-0.15, -0.1) is 0 Å². The third-order valence-corrected chi connectivity index (χ3v) is 1.55. The van der Waals surface area contributed by atoms with Crippen LogP contribution in [0.5, 0.6) is 0 Å². The lowest BCUT2D eigenvalue weighted by atomic mass is 10.4. The van der Waals surface area contributed by atoms with E-state index in [2.05, 4.69) is 11.9 Å². The van der Waals surface area contributed by atoms with Crippen molar-refractivity contribution in [3.05, 3.63) is 0 Å². The molecule has 1 saturated heterocycles. The second-order valence-electron chi connectivity index (χ2n) is 3.05. The quantitative estimate of drug-likeness (QED) is 0.652. The van der Waals surface area contributed by atoms with Crippen molar-refractivity contribution >= 4 is 0 Å². The first-order chi connectivity index (χ1) is 6.22. The highest BCUT2D eigenvalue weighted by Crippen LogP contribution is 2.01. The van der Waals surface area contributed by atoms with Gasteiger partial charge in [-0.05, 0) is 46.3 Å². The zero-order chi connectivity index (χ0) is 10.5. The number of aliphatic hydroxyl groups is 2. The van der Waals surface area contributed by atoms with Gasteiger partial charge in [-0.25, -0.2) is 0 Å². The van der Waals surface area contributed by atoms with Crippen LogP contribution >= 0.6 is 0 Å². The van der Waals surface area contributed by atoms with Crippen LogP contribution in [0.1, 0.15) is 33.1 Å². The Kier molecular flexibility index (Phi) is 17.0. The van der Waals surface area contributed by atoms with E-state index < -0.39 is 0 Å². The fourth-order valence-electron chi connectivity index (χ4n) is 0.875. The molecule has 2 N–H and O–H groups in total. The SMILES string of the molecule is CCCO.CCO.CN1CCCC1. The molecule has 0 aromatic rings. The number of likely N-dealkylation sites (tertiary alicyclic amines) is 1. The maximum atomic E-state index is 7.88. The summed E-state index contributed by atoms with van der Waals surface area (Å²) >= 11 is 0. The summed E-state index contributed by atoms with van der Waals surface area (Å²) in [4.78, 5) is 2.36. The summed E-state index contributed by atoms with van der Waals surface area (Å²) in [5.41, 5.74) is 0. The first-order valence-corrected chi connectivity index (χ1v) is 5.13. The van der Waals surface area contributed by atoms with E-state index in [9.17, 15) is 0 Å². The number of rotatable bonds is 1. The third kappa shape index (κ3) is 18.7. The van der Waals surface area contributed by atoms with E-state index in [1.54, 1.807) is 6.92 Å². The van der Waals surface area contributed by atoms with E-state index in [1.165, 1.54) is 25.9 Å². The molecule has 0 aromatic carbocycles. The predicted molar refractivity (Wildman–Crippen MR) is 56.9 cm³/mol. The Hall–Kier alpha value is -0.120. The Morgan fingerprint density at radius 3 is 1.46 bits per heavy atom. The molecular weight excluding hydrogens is 166 g/mol. The van der Waals surface area contributed by atoms with E-state index in [4.69, 9.17) is 10.2 Å². The third-order valence-electron chi connectivity index (χ3n) is 1.55. The molecule has 0 atom stereocenters. The molecule has 82 valence electrons. The maximum Gasteiger partial charge on any atom is 0.0428 e. The van der Waals surface area contributed by atoms with Gasteiger partial charge in [0.25, 0.3) is 0 Å². The van der Waals surface area contributed by atoms with Gasteiger partial charge in [0.15, 0.2) is 0 Å². The second-order valence-corrected chi connectivity index (χ2v) is 3.05. The topological polar surface area (TPSA) is 43.7 Å². The number of hydrogen-bond donors (Lipinski definition) is 2. The summed E-state index contributed by atoms with van der Waals surface area (Å²) in [6.45, 7) is 6.82. The Labute approximate surface area is 82.4 Å². The van der Waals surface area contributed by atoms with Gasteiger partial charge >= 0.3 is 0 Å². The molecule has 1 fully saturated rings. The molecule has 0 saturated carbocycles. The molecule has 0 amide bonds. The minimum Gasteiger partial charge on any atom is -0.397 e. The first kappa shape index (κ1) is 15.4. The van der Waals surface area contributed by atoms with Crippen LogP contribution in [0.4, 0.5) is 0 Å². The first-order valence-electron chi connectivity index (χ1n) is 5.13. The Morgan fingerprint density at radius 2 is 1.38 bits per heavy atom. The molecule has 0 spiro atoms. The zero-order valence-corrected chi connectivity index (χ0v) is 9.29. The van der Waals surface area contributed by atoms with Crippen LogP contribution in [0, 0.1) is 0 Å². The van der Waals surface area contributed by atoms with E-state index in [0.29, 0.717) is 6.61 Å². The van der Waals surface area contributed by atoms with Crippen LogP contribution in [0.15, 0.2) is 0 Å². The van der Waals surface area contributed by atoms with Crippen molar-refractivity contribution in [3.8, 4) is 0 Å². The normalized spacial score (nSPS) is 15.5. The second kappa shape index (κ2) is 14.4. The van der Waals surface area contributed by atoms with Crippen LogP contribution < -0.4 is 0 Å². The lowest BCUT2D eigenvalue weighted by Gasteiger charge is -2.01. The van der Waals surface area contributed by atoms with E-state index >= 15 is 0 Å². The van der Waals surface area contributed by atoms with Crippen molar-refractivity contribution in [3.63, 3.8) is 0 Å². The van der Waals surface area contributed by atoms with Gasteiger partial charge in [0.1, 0.15) is 0 Å². The van der Waals surface area contributed by atoms with Gasteiger partial charge in [-0.1, -0.05) is 6.92 Å². The number of hydrogen-bond acceptors (Lipinski definition) is 3. The summed E-state index contributed by atoms with van der Waals surface area (Å²) in [5, 5.41) is 15.4. The lowest BCUT2D eigenvalue weighted by Crippen LogP contribution is -2.10. The van der Waals surface area contributed by atoms with Gasteiger partial charge < -0.3 is 15.1 Å². The number of nitrogens with zero attached hydrogens (tertiary/aromatic N) is 1. The Morgan fingerprint density at radius 1 is 1.08 bits per heavy atom. The molecule has 0 radical (unpaired) electrons. The molecule has 0 aliphatic carbocycles. The van der Waals surface area contributed by atoms with Gasteiger partial charge in [-0.2, -0.15) is 0 Å². The molecular formula is C10H25NO2. The highest BCUT2D eigenvalue weighted by Gasteiger charge is 2.03. The van der Waals surface area contributed by atoms with E-state index in [1.807, 2.05) is 6.92 Å². The summed E-state index contributed by atoms with van der Waals surface area (Å²) in [7, 11) is 2.17. The fraction of sp³-hybridized carbons (Fsp3) is 1.00. The summed E-state index contributed by atoms with van der Waals surface area (Å²) in [5.74, 6) is 0. The standard InChI is InChI=1S/C5H11N.C3H8O.C2H6O/c1-6-4-2-3-5-6;1-2-3-4;1-2-3/h2-5H2,1H3;4H,2-3H2,1H3;3H,2H2,1H3. The predicted octanol–water partition coefficient (Wildman–Crippen LogP) is 1.10. The minimum absolute atomic E-state index is 0.250. The van der Waals surface area contributed by atoms with Crippen LogP contribution in [0.25, 0.3) is 0 Å². The maximum absolute atomic E-state index is 7.88. The van der Waals surface area contributed by atoms with E-state index in [0.717, 1.165) is 6.42 Å². The van der Waals surface area contributed by atoms with Crippen LogP contribution in [0.2, 0.25) is 0 Å². The van der Waals surface area contributed by atoms with Crippen molar-refractivity contribution in [2.24, 2.45) is 0 Å². The molecule has 1 aliphatic rings. The largest absolute Gasteiger partial charge is 0.397 e. The van der Waals surface area contributed by atoms with Gasteiger partial charge in [0.05, 0.1) is 0 Å². The molecule has 3 heteroatoms. The molecule has 1 aliphatic heterocycles. The van der Waals surface area contributed by atoms with Gasteiger partial charge in [0, 0.05) is 13.2 Å². The molecule has 1 rings (SSSR count). The molecule has 0 bridgehead atoms. The highest BCUT2D eigenvalue weighted by atomic mass is 16.3. The van der Waals surface area contributed by atoms with Gasteiger partial charge in [-0.3, -0.25) is 0 Å².